The molecule has 0 aromatic heterocycles. The van der Waals surface area contributed by atoms with Gasteiger partial charge in [-0.2, -0.15) is 0 Å². The Morgan fingerprint density at radius 2 is 2.07 bits per heavy atom. The highest BCUT2D eigenvalue weighted by atomic mass is 16.1. The van der Waals surface area contributed by atoms with E-state index in [9.17, 15) is 4.79 Å². The van der Waals surface area contributed by atoms with Crippen LogP contribution in [-0.4, -0.2) is 18.9 Å². The second-order valence-corrected chi connectivity index (χ2v) is 3.93. The summed E-state index contributed by atoms with van der Waals surface area (Å²) in [4.78, 5) is 11.0. The van der Waals surface area contributed by atoms with Crippen LogP contribution in [0, 0.1) is 5.92 Å². The zero-order valence-electron chi connectivity index (χ0n) is 8.31. The number of benzene rings is 1. The molecule has 0 spiro atoms. The van der Waals surface area contributed by atoms with Crippen LogP contribution in [0.2, 0.25) is 0 Å². The van der Waals surface area contributed by atoms with Crippen molar-refractivity contribution in [2.45, 2.75) is 18.9 Å². The second kappa shape index (κ2) is 3.93. The van der Waals surface area contributed by atoms with E-state index in [2.05, 4.69) is 24.4 Å². The average molecular weight is 189 g/mol. The third-order valence-electron chi connectivity index (χ3n) is 3.09. The second-order valence-electron chi connectivity index (χ2n) is 3.93. The lowest BCUT2D eigenvalue weighted by Gasteiger charge is -2.15. The number of carbonyl (C=O) groups is 1. The van der Waals surface area contributed by atoms with Crippen LogP contribution in [0.25, 0.3) is 0 Å². The average Bonchev–Trinajstić information content (AvgIpc) is 2.61. The van der Waals surface area contributed by atoms with E-state index in [1.807, 2.05) is 18.2 Å². The fraction of sp³-hybridized carbons (Fsp3) is 0.417. The Morgan fingerprint density at radius 1 is 1.36 bits per heavy atom. The third kappa shape index (κ3) is 1.58. The van der Waals surface area contributed by atoms with Crippen molar-refractivity contribution in [2.75, 3.05) is 6.54 Å². The first-order valence-electron chi connectivity index (χ1n) is 5.06. The van der Waals surface area contributed by atoms with E-state index in [4.69, 9.17) is 0 Å². The zero-order valence-corrected chi connectivity index (χ0v) is 8.31. The minimum absolute atomic E-state index is 0.123. The van der Waals surface area contributed by atoms with Crippen molar-refractivity contribution in [3.63, 3.8) is 0 Å². The summed E-state index contributed by atoms with van der Waals surface area (Å²) in [5.41, 5.74) is 1.27. The van der Waals surface area contributed by atoms with Crippen molar-refractivity contribution in [2.24, 2.45) is 5.92 Å². The van der Waals surface area contributed by atoms with Gasteiger partial charge >= 0.3 is 0 Å². The molecule has 1 aliphatic rings. The maximum absolute atomic E-state index is 11.0. The van der Waals surface area contributed by atoms with Crippen molar-refractivity contribution in [3.8, 4) is 0 Å². The molecule has 2 rings (SSSR count). The fourth-order valence-corrected chi connectivity index (χ4v) is 2.19. The first kappa shape index (κ1) is 9.41. The van der Waals surface area contributed by atoms with E-state index < -0.39 is 0 Å². The molecule has 0 aliphatic carbocycles. The summed E-state index contributed by atoms with van der Waals surface area (Å²) < 4.78 is 0. The number of carbonyl (C=O) groups excluding carboxylic acids is 1. The summed E-state index contributed by atoms with van der Waals surface area (Å²) in [7, 11) is 0. The lowest BCUT2D eigenvalue weighted by Crippen LogP contribution is -2.23. The van der Waals surface area contributed by atoms with Crippen molar-refractivity contribution in [1.82, 2.24) is 5.32 Å². The van der Waals surface area contributed by atoms with Crippen LogP contribution in [0.15, 0.2) is 30.3 Å². The summed E-state index contributed by atoms with van der Waals surface area (Å²) >= 11 is 0. The van der Waals surface area contributed by atoms with Crippen LogP contribution in [-0.2, 0) is 4.79 Å². The number of hydrogen-bond donors (Lipinski definition) is 1. The lowest BCUT2D eigenvalue weighted by atomic mass is 9.87. The molecule has 1 saturated heterocycles. The molecule has 74 valence electrons. The lowest BCUT2D eigenvalue weighted by molar-refractivity contribution is -0.111. The van der Waals surface area contributed by atoms with Gasteiger partial charge in [0, 0.05) is 24.4 Å². The highest BCUT2D eigenvalue weighted by Crippen LogP contribution is 2.29. The summed E-state index contributed by atoms with van der Waals surface area (Å²) in [6, 6.07) is 10.6. The van der Waals surface area contributed by atoms with Gasteiger partial charge in [0.25, 0.3) is 0 Å². The van der Waals surface area contributed by atoms with Crippen LogP contribution >= 0.6 is 0 Å². The molecule has 0 bridgehead atoms. The largest absolute Gasteiger partial charge is 0.313 e. The van der Waals surface area contributed by atoms with E-state index >= 15 is 0 Å². The van der Waals surface area contributed by atoms with Gasteiger partial charge in [-0.1, -0.05) is 30.3 Å². The van der Waals surface area contributed by atoms with Crippen molar-refractivity contribution in [3.05, 3.63) is 35.9 Å². The molecule has 14 heavy (non-hydrogen) atoms. The molecule has 3 atom stereocenters. The van der Waals surface area contributed by atoms with Gasteiger partial charge in [0.2, 0.25) is 0 Å². The van der Waals surface area contributed by atoms with Gasteiger partial charge in [0.05, 0.1) is 0 Å². The van der Waals surface area contributed by atoms with Gasteiger partial charge in [0.15, 0.2) is 0 Å². The first-order valence-corrected chi connectivity index (χ1v) is 5.06. The third-order valence-corrected chi connectivity index (χ3v) is 3.09. The molecular weight excluding hydrogens is 174 g/mol. The number of hydrogen-bond acceptors (Lipinski definition) is 2. The quantitative estimate of drug-likeness (QED) is 0.716. The van der Waals surface area contributed by atoms with Gasteiger partial charge in [-0.15, -0.1) is 0 Å². The maximum Gasteiger partial charge on any atom is 0.125 e. The van der Waals surface area contributed by atoms with Crippen molar-refractivity contribution >= 4 is 6.29 Å². The highest BCUT2D eigenvalue weighted by Gasteiger charge is 2.33. The normalized spacial score (nSPS) is 31.6. The predicted molar refractivity (Wildman–Crippen MR) is 56.2 cm³/mol. The van der Waals surface area contributed by atoms with Crippen molar-refractivity contribution < 1.29 is 4.79 Å². The van der Waals surface area contributed by atoms with E-state index in [-0.39, 0.29) is 5.92 Å². The van der Waals surface area contributed by atoms with E-state index in [0.717, 1.165) is 12.8 Å². The standard InChI is InChI=1S/C12H15NO/c1-9-12(8-14)11(7-13-9)10-5-3-2-4-6-10/h2-6,8-9,11-13H,7H2,1H3. The molecule has 0 saturated carbocycles. The minimum atomic E-state index is 0.123. The van der Waals surface area contributed by atoms with Crippen molar-refractivity contribution in [1.29, 1.82) is 0 Å². The molecule has 0 amide bonds. The van der Waals surface area contributed by atoms with Crippen LogP contribution in [0.1, 0.15) is 18.4 Å². The Bertz CT molecular complexity index is 309. The Hall–Kier alpha value is -1.15. The van der Waals surface area contributed by atoms with Crippen LogP contribution in [0.5, 0.6) is 0 Å². The Morgan fingerprint density at radius 3 is 2.71 bits per heavy atom. The summed E-state index contributed by atoms with van der Waals surface area (Å²) in [6.07, 6.45) is 1.09. The molecular formula is C12H15NO. The van der Waals surface area contributed by atoms with Gasteiger partial charge < -0.3 is 10.1 Å². The number of aldehydes is 1. The number of rotatable bonds is 2. The molecule has 2 heteroatoms. The summed E-state index contributed by atoms with van der Waals surface area (Å²) in [5.74, 6) is 0.473. The molecule has 1 heterocycles. The Balaban J connectivity index is 2.23. The van der Waals surface area contributed by atoms with Crippen LogP contribution in [0.3, 0.4) is 0 Å². The Kier molecular flexibility index (Phi) is 2.64. The fourth-order valence-electron chi connectivity index (χ4n) is 2.19. The minimum Gasteiger partial charge on any atom is -0.313 e. The summed E-state index contributed by atoms with van der Waals surface area (Å²) in [5, 5.41) is 3.34. The topological polar surface area (TPSA) is 29.1 Å². The molecule has 1 fully saturated rings. The highest BCUT2D eigenvalue weighted by molar-refractivity contribution is 5.58. The van der Waals surface area contributed by atoms with Gasteiger partial charge in [0.1, 0.15) is 6.29 Å². The van der Waals surface area contributed by atoms with E-state index in [1.54, 1.807) is 0 Å². The molecule has 0 radical (unpaired) electrons. The van der Waals surface area contributed by atoms with Gasteiger partial charge in [-0.25, -0.2) is 0 Å². The first-order chi connectivity index (χ1) is 6.83. The number of nitrogens with one attached hydrogen (secondary N) is 1. The molecule has 1 aromatic carbocycles. The van der Waals surface area contributed by atoms with Gasteiger partial charge in [-0.05, 0) is 12.5 Å². The van der Waals surface area contributed by atoms with E-state index in [0.29, 0.717) is 12.0 Å². The monoisotopic (exact) mass is 189 g/mol. The summed E-state index contributed by atoms with van der Waals surface area (Å²) in [6.45, 7) is 2.98. The smallest absolute Gasteiger partial charge is 0.125 e. The van der Waals surface area contributed by atoms with Gasteiger partial charge in [-0.3, -0.25) is 0 Å². The SMILES string of the molecule is CC1NCC(c2ccccc2)C1C=O. The molecule has 1 aliphatic heterocycles. The maximum atomic E-state index is 11.0. The zero-order chi connectivity index (χ0) is 9.97. The molecule has 3 unspecified atom stereocenters. The Labute approximate surface area is 84.3 Å². The van der Waals surface area contributed by atoms with Crippen LogP contribution < -0.4 is 5.32 Å². The molecule has 1 N–H and O–H groups in total. The molecule has 1 aromatic rings. The molecule has 2 nitrogen and oxygen atoms in total. The van der Waals surface area contributed by atoms with Crippen LogP contribution in [0.4, 0.5) is 0 Å². The predicted octanol–water partition coefficient (Wildman–Crippen LogP) is 1.58. The van der Waals surface area contributed by atoms with E-state index in [1.165, 1.54) is 5.56 Å².